The van der Waals surface area contributed by atoms with Crippen molar-refractivity contribution in [3.63, 3.8) is 0 Å². The smallest absolute Gasteiger partial charge is 0.143 e. The fraction of sp³-hybridized carbons (Fsp3) is 0.0392. The molecule has 1 aliphatic heterocycles. The number of aliphatic imine (C=N–C) groups is 1. The largest absolute Gasteiger partial charge is 0.455 e. The molecule has 2 atom stereocenters. The van der Waals surface area contributed by atoms with E-state index in [1.165, 1.54) is 53.1 Å². The Morgan fingerprint density at radius 1 is 0.526 bits per heavy atom. The maximum atomic E-state index is 6.88. The van der Waals surface area contributed by atoms with Crippen molar-refractivity contribution in [2.45, 2.75) is 12.3 Å². The van der Waals surface area contributed by atoms with Crippen LogP contribution in [-0.4, -0.2) is 10.4 Å². The predicted octanol–water partition coefficient (Wildman–Crippen LogP) is 13.1. The molecule has 0 amide bonds. The van der Waals surface area contributed by atoms with Crippen LogP contribution in [0.25, 0.3) is 80.7 Å². The van der Waals surface area contributed by atoms with Gasteiger partial charge in [0.25, 0.3) is 0 Å². The van der Waals surface area contributed by atoms with Gasteiger partial charge in [0.05, 0.1) is 11.0 Å². The van der Waals surface area contributed by atoms with Gasteiger partial charge in [-0.25, -0.2) is 4.99 Å². The van der Waals surface area contributed by atoms with Gasteiger partial charge in [-0.1, -0.05) is 146 Å². The van der Waals surface area contributed by atoms with E-state index in [4.69, 9.17) is 9.41 Å². The Kier molecular flexibility index (Phi) is 7.24. The van der Waals surface area contributed by atoms with E-state index in [2.05, 4.69) is 191 Å². The normalized spacial score (nSPS) is 15.9. The van der Waals surface area contributed by atoms with Gasteiger partial charge in [-0.05, 0) is 41.5 Å². The van der Waals surface area contributed by atoms with Crippen molar-refractivity contribution in [3.8, 4) is 16.8 Å². The van der Waals surface area contributed by atoms with Crippen LogP contribution in [0.4, 0.5) is 0 Å². The molecule has 0 spiro atoms. The molecule has 8 aromatic carbocycles. The Balaban J connectivity index is 0.967. The first-order valence-corrected chi connectivity index (χ1v) is 20.2. The molecule has 11 aromatic rings. The summed E-state index contributed by atoms with van der Waals surface area (Å²) in [6, 6.07) is 64.8. The van der Waals surface area contributed by atoms with Crippen LogP contribution in [0.1, 0.15) is 29.0 Å². The third-order valence-corrected chi connectivity index (χ3v) is 12.7. The summed E-state index contributed by atoms with van der Waals surface area (Å²) in [5.74, 6) is 0.882. The molecule has 270 valence electrons. The number of amidine groups is 1. The first kappa shape index (κ1) is 32.3. The average Bonchev–Trinajstić information content (AvgIpc) is 3.96. The van der Waals surface area contributed by atoms with Crippen LogP contribution in [0.5, 0.6) is 0 Å². The molecule has 0 radical (unpaired) electrons. The zero-order chi connectivity index (χ0) is 37.5. The number of furan rings is 1. The van der Waals surface area contributed by atoms with Crippen molar-refractivity contribution in [2.75, 3.05) is 0 Å². The monoisotopic (exact) mass is 750 g/mol. The minimum Gasteiger partial charge on any atom is -0.455 e. The van der Waals surface area contributed by atoms with Crippen molar-refractivity contribution in [1.82, 2.24) is 15.2 Å². The number of aromatic nitrogens is 1. The first-order valence-electron chi connectivity index (χ1n) is 19.4. The summed E-state index contributed by atoms with van der Waals surface area (Å²) in [7, 11) is 0. The number of fused-ring (bicyclic) bond motifs is 9. The van der Waals surface area contributed by atoms with Crippen LogP contribution in [0.3, 0.4) is 0 Å². The first-order chi connectivity index (χ1) is 28.2. The zero-order valence-corrected chi connectivity index (χ0v) is 31.5. The Hall–Kier alpha value is -6.99. The maximum Gasteiger partial charge on any atom is 0.143 e. The molecule has 6 heteroatoms. The van der Waals surface area contributed by atoms with Crippen LogP contribution >= 0.6 is 11.3 Å². The van der Waals surface area contributed by atoms with Crippen molar-refractivity contribution in [1.29, 1.82) is 0 Å². The second kappa shape index (κ2) is 12.8. The van der Waals surface area contributed by atoms with Gasteiger partial charge >= 0.3 is 0 Å². The number of para-hydroxylation sites is 3. The molecule has 57 heavy (non-hydrogen) atoms. The highest BCUT2D eigenvalue weighted by Crippen LogP contribution is 2.45. The highest BCUT2D eigenvalue weighted by atomic mass is 32.1. The fourth-order valence-corrected chi connectivity index (χ4v) is 10.1. The fourth-order valence-electron chi connectivity index (χ4n) is 8.83. The van der Waals surface area contributed by atoms with Crippen LogP contribution < -0.4 is 10.6 Å². The second-order valence-corrected chi connectivity index (χ2v) is 15.8. The minimum atomic E-state index is -0.225. The van der Waals surface area contributed by atoms with Crippen LogP contribution in [0.2, 0.25) is 0 Å². The standard InChI is InChI=1S/C51H34N4OS/c1-3-13-31(14-4-1)49-52-50(32-15-5-2-6-16-32)54-51(53-49)33-25-27-38-41-21-12-22-42(48(41)57-46(38)29-33)40-20-11-19-39-37-28-26-34(30-45(37)56-47(39)40)55-43-23-9-7-17-35(43)36-18-8-10-24-44(36)55/h1-30,49,51,53H,(H,52,54). The minimum absolute atomic E-state index is 0.0871. The van der Waals surface area contributed by atoms with Crippen LogP contribution in [0.15, 0.2) is 191 Å². The van der Waals surface area contributed by atoms with Gasteiger partial charge in [-0.3, -0.25) is 5.32 Å². The molecule has 0 fully saturated rings. The van der Waals surface area contributed by atoms with Gasteiger partial charge in [0.2, 0.25) is 0 Å². The number of hydrogen-bond donors (Lipinski definition) is 2. The Labute approximate surface area is 332 Å². The number of rotatable bonds is 5. The number of nitrogens with zero attached hydrogens (tertiary/aromatic N) is 2. The number of thiophene rings is 1. The molecule has 2 unspecified atom stereocenters. The van der Waals surface area contributed by atoms with Crippen LogP contribution in [0, 0.1) is 0 Å². The van der Waals surface area contributed by atoms with E-state index in [0.717, 1.165) is 50.2 Å². The van der Waals surface area contributed by atoms with Gasteiger partial charge in [-0.15, -0.1) is 11.3 Å². The van der Waals surface area contributed by atoms with E-state index in [1.807, 2.05) is 17.4 Å². The summed E-state index contributed by atoms with van der Waals surface area (Å²) in [6.07, 6.45) is -0.312. The molecule has 2 N–H and O–H groups in total. The molecule has 4 heterocycles. The van der Waals surface area contributed by atoms with Gasteiger partial charge in [-0.2, -0.15) is 0 Å². The summed E-state index contributed by atoms with van der Waals surface area (Å²) in [4.78, 5) is 5.22. The number of hydrogen-bond acceptors (Lipinski definition) is 5. The SMILES string of the molecule is c1ccc(C2=NC(c3ccc4c(c3)sc3c(-c5cccc6c5oc5cc(-n7c8ccccc8c8ccccc87)ccc56)cccc34)NC(c3ccccc3)N2)cc1. The third-order valence-electron chi connectivity index (χ3n) is 11.5. The predicted molar refractivity (Wildman–Crippen MR) is 238 cm³/mol. The van der Waals surface area contributed by atoms with Crippen molar-refractivity contribution >= 4 is 81.1 Å². The lowest BCUT2D eigenvalue weighted by Gasteiger charge is -2.32. The van der Waals surface area contributed by atoms with Crippen molar-refractivity contribution < 1.29 is 4.42 Å². The average molecular weight is 751 g/mol. The lowest BCUT2D eigenvalue weighted by molar-refractivity contribution is 0.409. The quantitative estimate of drug-likeness (QED) is 0.184. The van der Waals surface area contributed by atoms with Gasteiger partial charge in [0.1, 0.15) is 29.3 Å². The molecular formula is C51H34N4OS. The molecule has 0 aliphatic carbocycles. The summed E-state index contributed by atoms with van der Waals surface area (Å²) >= 11 is 1.84. The molecule has 0 saturated carbocycles. The summed E-state index contributed by atoms with van der Waals surface area (Å²) < 4.78 is 11.7. The highest BCUT2D eigenvalue weighted by Gasteiger charge is 2.26. The maximum absolute atomic E-state index is 6.88. The van der Waals surface area contributed by atoms with Crippen LogP contribution in [-0.2, 0) is 0 Å². The molecule has 3 aromatic heterocycles. The summed E-state index contributed by atoms with van der Waals surface area (Å²) in [5.41, 5.74) is 10.9. The molecule has 5 nitrogen and oxygen atoms in total. The van der Waals surface area contributed by atoms with Crippen molar-refractivity contribution in [2.24, 2.45) is 4.99 Å². The van der Waals surface area contributed by atoms with Crippen molar-refractivity contribution in [3.05, 3.63) is 199 Å². The number of benzene rings is 8. The van der Waals surface area contributed by atoms with Gasteiger partial charge in [0.15, 0.2) is 0 Å². The third kappa shape index (κ3) is 5.15. The molecule has 1 aliphatic rings. The topological polar surface area (TPSA) is 54.5 Å². The van der Waals surface area contributed by atoms with E-state index in [1.54, 1.807) is 0 Å². The number of nitrogens with one attached hydrogen (secondary N) is 2. The zero-order valence-electron chi connectivity index (χ0n) is 30.7. The van der Waals surface area contributed by atoms with E-state index < -0.39 is 0 Å². The second-order valence-electron chi connectivity index (χ2n) is 14.8. The summed E-state index contributed by atoms with van der Waals surface area (Å²) in [5, 5.41) is 14.6. The van der Waals surface area contributed by atoms with Gasteiger partial charge in [0, 0.05) is 70.2 Å². The van der Waals surface area contributed by atoms with E-state index in [-0.39, 0.29) is 12.3 Å². The molecule has 12 rings (SSSR count). The Bertz CT molecular complexity index is 3320. The lowest BCUT2D eigenvalue weighted by Crippen LogP contribution is -2.44. The molecule has 0 bridgehead atoms. The van der Waals surface area contributed by atoms with E-state index in [9.17, 15) is 0 Å². The molecule has 0 saturated heterocycles. The van der Waals surface area contributed by atoms with Gasteiger partial charge < -0.3 is 14.3 Å². The lowest BCUT2D eigenvalue weighted by atomic mass is 10.00. The van der Waals surface area contributed by atoms with E-state index in [0.29, 0.717) is 0 Å². The summed E-state index contributed by atoms with van der Waals surface area (Å²) in [6.45, 7) is 0. The highest BCUT2D eigenvalue weighted by molar-refractivity contribution is 7.26. The Morgan fingerprint density at radius 2 is 1.19 bits per heavy atom. The van der Waals surface area contributed by atoms with E-state index >= 15 is 0 Å². The Morgan fingerprint density at radius 3 is 1.98 bits per heavy atom. The molecular weight excluding hydrogens is 717 g/mol.